The van der Waals surface area contributed by atoms with E-state index in [4.69, 9.17) is 16.3 Å². The smallest absolute Gasteiger partial charge is 0.263 e. The van der Waals surface area contributed by atoms with Crippen LogP contribution in [0.15, 0.2) is 18.2 Å². The van der Waals surface area contributed by atoms with Crippen molar-refractivity contribution in [2.75, 3.05) is 13.6 Å². The number of likely N-dealkylation sites (N-methyl/N-ethyl adjacent to an activating group) is 1. The summed E-state index contributed by atoms with van der Waals surface area (Å²) >= 11 is 5.88. The first-order chi connectivity index (χ1) is 9.31. The molecule has 20 heavy (non-hydrogen) atoms. The third-order valence-corrected chi connectivity index (χ3v) is 3.28. The molecule has 0 aromatic heterocycles. The van der Waals surface area contributed by atoms with Gasteiger partial charge in [-0.15, -0.1) is 0 Å². The van der Waals surface area contributed by atoms with Crippen LogP contribution in [0.25, 0.3) is 0 Å². The van der Waals surface area contributed by atoms with Crippen molar-refractivity contribution in [3.8, 4) is 5.75 Å². The van der Waals surface area contributed by atoms with Gasteiger partial charge in [-0.25, -0.2) is 0 Å². The Kier molecular flexibility index (Phi) is 6.30. The van der Waals surface area contributed by atoms with Gasteiger partial charge < -0.3 is 14.7 Å². The molecule has 2 atom stereocenters. The zero-order valence-corrected chi connectivity index (χ0v) is 13.1. The second-order valence-corrected chi connectivity index (χ2v) is 5.50. The van der Waals surface area contributed by atoms with E-state index in [9.17, 15) is 9.90 Å². The number of amides is 1. The summed E-state index contributed by atoms with van der Waals surface area (Å²) in [4.78, 5) is 13.7. The normalized spacial score (nSPS) is 13.7. The molecule has 112 valence electrons. The third-order valence-electron chi connectivity index (χ3n) is 3.05. The van der Waals surface area contributed by atoms with Gasteiger partial charge in [0, 0.05) is 18.6 Å². The molecule has 4 nitrogen and oxygen atoms in total. The van der Waals surface area contributed by atoms with Crippen molar-refractivity contribution in [2.45, 2.75) is 39.4 Å². The molecule has 0 aliphatic heterocycles. The van der Waals surface area contributed by atoms with Crippen molar-refractivity contribution in [3.63, 3.8) is 0 Å². The fourth-order valence-electron chi connectivity index (χ4n) is 1.79. The van der Waals surface area contributed by atoms with Gasteiger partial charge in [0.1, 0.15) is 5.75 Å². The Hall–Kier alpha value is -1.26. The maximum atomic E-state index is 12.1. The van der Waals surface area contributed by atoms with E-state index in [2.05, 4.69) is 0 Å². The number of ether oxygens (including phenoxy) is 1. The van der Waals surface area contributed by atoms with Crippen molar-refractivity contribution in [1.29, 1.82) is 0 Å². The minimum atomic E-state index is -0.575. The summed E-state index contributed by atoms with van der Waals surface area (Å²) in [6.07, 6.45) is -0.441. The van der Waals surface area contributed by atoms with Crippen molar-refractivity contribution in [3.05, 3.63) is 28.8 Å². The molecule has 1 N–H and O–H groups in total. The van der Waals surface area contributed by atoms with Crippen LogP contribution in [0.2, 0.25) is 5.02 Å². The molecule has 2 unspecified atom stereocenters. The molecule has 0 spiro atoms. The molecule has 0 aliphatic carbocycles. The number of nitrogens with zero attached hydrogens (tertiary/aromatic N) is 1. The number of aryl methyl sites for hydroxylation is 1. The quantitative estimate of drug-likeness (QED) is 0.878. The molecule has 1 aromatic rings. The predicted octanol–water partition coefficient (Wildman–Crippen LogP) is 2.65. The van der Waals surface area contributed by atoms with Crippen LogP contribution in [0.4, 0.5) is 0 Å². The first kappa shape index (κ1) is 16.8. The van der Waals surface area contributed by atoms with Crippen LogP contribution >= 0.6 is 11.6 Å². The van der Waals surface area contributed by atoms with Gasteiger partial charge in [-0.1, -0.05) is 11.6 Å². The second kappa shape index (κ2) is 7.50. The van der Waals surface area contributed by atoms with Crippen LogP contribution < -0.4 is 4.74 Å². The summed E-state index contributed by atoms with van der Waals surface area (Å²) < 4.78 is 5.68. The summed E-state index contributed by atoms with van der Waals surface area (Å²) in [5.74, 6) is 0.541. The Bertz CT molecular complexity index is 462. The molecule has 0 fully saturated rings. The predicted molar refractivity (Wildman–Crippen MR) is 80.2 cm³/mol. The number of rotatable bonds is 6. The average Bonchev–Trinajstić information content (AvgIpc) is 2.38. The van der Waals surface area contributed by atoms with Crippen molar-refractivity contribution in [2.24, 2.45) is 0 Å². The van der Waals surface area contributed by atoms with E-state index >= 15 is 0 Å². The van der Waals surface area contributed by atoms with Crippen molar-refractivity contribution >= 4 is 17.5 Å². The van der Waals surface area contributed by atoms with Crippen LogP contribution in [0.3, 0.4) is 0 Å². The van der Waals surface area contributed by atoms with Crippen LogP contribution in [0, 0.1) is 6.92 Å². The van der Waals surface area contributed by atoms with Crippen LogP contribution in [-0.4, -0.2) is 41.7 Å². The molecular formula is C15H22ClNO3. The van der Waals surface area contributed by atoms with Gasteiger partial charge in [0.25, 0.3) is 5.91 Å². The Morgan fingerprint density at radius 1 is 1.45 bits per heavy atom. The van der Waals surface area contributed by atoms with E-state index in [1.165, 1.54) is 0 Å². The molecule has 1 aromatic carbocycles. The van der Waals surface area contributed by atoms with Gasteiger partial charge in [0.05, 0.1) is 6.10 Å². The fraction of sp³-hybridized carbons (Fsp3) is 0.533. The average molecular weight is 300 g/mol. The van der Waals surface area contributed by atoms with Crippen LogP contribution in [0.5, 0.6) is 5.75 Å². The monoisotopic (exact) mass is 299 g/mol. The first-order valence-electron chi connectivity index (χ1n) is 6.67. The van der Waals surface area contributed by atoms with Gasteiger partial charge in [0.15, 0.2) is 6.10 Å². The highest BCUT2D eigenvalue weighted by atomic mass is 35.5. The summed E-state index contributed by atoms with van der Waals surface area (Å²) in [5.41, 5.74) is 0.892. The fourth-order valence-corrected chi connectivity index (χ4v) is 2.01. The summed E-state index contributed by atoms with van der Waals surface area (Å²) in [6.45, 7) is 5.81. The summed E-state index contributed by atoms with van der Waals surface area (Å²) in [7, 11) is 1.71. The minimum Gasteiger partial charge on any atom is -0.481 e. The van der Waals surface area contributed by atoms with Gasteiger partial charge in [-0.3, -0.25) is 4.79 Å². The summed E-state index contributed by atoms with van der Waals surface area (Å²) in [6, 6.07) is 5.29. The lowest BCUT2D eigenvalue weighted by Gasteiger charge is -2.23. The lowest BCUT2D eigenvalue weighted by molar-refractivity contribution is -0.136. The van der Waals surface area contributed by atoms with Crippen LogP contribution in [0.1, 0.15) is 25.8 Å². The van der Waals surface area contributed by atoms with Crippen LogP contribution in [-0.2, 0) is 4.79 Å². The number of benzene rings is 1. The lowest BCUT2D eigenvalue weighted by Crippen LogP contribution is -2.39. The number of aliphatic hydroxyl groups is 1. The summed E-state index contributed by atoms with van der Waals surface area (Å²) in [5, 5.41) is 9.88. The topological polar surface area (TPSA) is 49.8 Å². The van der Waals surface area contributed by atoms with Crippen molar-refractivity contribution < 1.29 is 14.6 Å². The van der Waals surface area contributed by atoms with Gasteiger partial charge in [-0.05, 0) is 51.0 Å². The highest BCUT2D eigenvalue weighted by Crippen LogP contribution is 2.23. The molecule has 5 heteroatoms. The van der Waals surface area contributed by atoms with E-state index in [-0.39, 0.29) is 5.91 Å². The van der Waals surface area contributed by atoms with E-state index in [0.717, 1.165) is 5.56 Å². The van der Waals surface area contributed by atoms with E-state index < -0.39 is 12.2 Å². The Morgan fingerprint density at radius 2 is 2.10 bits per heavy atom. The Balaban J connectivity index is 2.61. The minimum absolute atomic E-state index is 0.111. The molecule has 1 rings (SSSR count). The highest BCUT2D eigenvalue weighted by Gasteiger charge is 2.20. The van der Waals surface area contributed by atoms with Gasteiger partial charge in [0.2, 0.25) is 0 Å². The number of carbonyl (C=O) groups excluding carboxylic acids is 1. The molecule has 0 saturated heterocycles. The van der Waals surface area contributed by atoms with Crippen molar-refractivity contribution in [1.82, 2.24) is 4.90 Å². The number of hydrogen-bond acceptors (Lipinski definition) is 3. The second-order valence-electron chi connectivity index (χ2n) is 5.07. The Labute approximate surface area is 125 Å². The maximum absolute atomic E-state index is 12.1. The largest absolute Gasteiger partial charge is 0.481 e. The third kappa shape index (κ3) is 5.02. The molecule has 0 bridgehead atoms. The molecule has 1 amide bonds. The first-order valence-corrected chi connectivity index (χ1v) is 7.05. The molecular weight excluding hydrogens is 278 g/mol. The number of aliphatic hydroxyl groups excluding tert-OH is 1. The van der Waals surface area contributed by atoms with E-state index in [1.54, 1.807) is 44.0 Å². The molecule has 0 heterocycles. The van der Waals surface area contributed by atoms with E-state index in [0.29, 0.717) is 23.7 Å². The van der Waals surface area contributed by atoms with Gasteiger partial charge >= 0.3 is 0 Å². The Morgan fingerprint density at radius 3 is 2.65 bits per heavy atom. The molecule has 0 radical (unpaired) electrons. The van der Waals surface area contributed by atoms with Gasteiger partial charge in [-0.2, -0.15) is 0 Å². The van der Waals surface area contributed by atoms with E-state index in [1.807, 2.05) is 6.92 Å². The number of halogens is 1. The molecule has 0 saturated carbocycles. The number of carbonyl (C=O) groups is 1. The maximum Gasteiger partial charge on any atom is 0.263 e. The number of hydrogen-bond donors (Lipinski definition) is 1. The zero-order chi connectivity index (χ0) is 15.3. The molecule has 0 aliphatic rings. The zero-order valence-electron chi connectivity index (χ0n) is 12.4. The lowest BCUT2D eigenvalue weighted by atomic mass is 10.2. The highest BCUT2D eigenvalue weighted by molar-refractivity contribution is 6.30. The standard InChI is InChI=1S/C15H22ClNO3/c1-10-9-13(16)5-6-14(10)20-12(3)15(19)17(4)8-7-11(2)18/h5-6,9,11-12,18H,7-8H2,1-4H3. The SMILES string of the molecule is Cc1cc(Cl)ccc1OC(C)C(=O)N(C)CCC(C)O.